The SMILES string of the molecule is O=C(O)CCC1CCCN(c2ccnc3ccccc23)C1. The number of aliphatic carboxylic acids is 1. The topological polar surface area (TPSA) is 53.4 Å². The molecule has 4 heteroatoms. The van der Waals surface area contributed by atoms with E-state index in [0.717, 1.165) is 37.9 Å². The summed E-state index contributed by atoms with van der Waals surface area (Å²) in [4.78, 5) is 17.5. The summed E-state index contributed by atoms with van der Waals surface area (Å²) in [5.41, 5.74) is 2.24. The van der Waals surface area contributed by atoms with Crippen molar-refractivity contribution in [1.29, 1.82) is 0 Å². The Kier molecular flexibility index (Phi) is 4.04. The van der Waals surface area contributed by atoms with Crippen LogP contribution in [0.15, 0.2) is 36.5 Å². The van der Waals surface area contributed by atoms with Gasteiger partial charge in [-0.25, -0.2) is 0 Å². The molecule has 1 saturated heterocycles. The first kappa shape index (κ1) is 13.9. The van der Waals surface area contributed by atoms with Crippen molar-refractivity contribution < 1.29 is 9.90 Å². The Morgan fingerprint density at radius 1 is 1.33 bits per heavy atom. The van der Waals surface area contributed by atoms with E-state index in [1.54, 1.807) is 0 Å². The van der Waals surface area contributed by atoms with Gasteiger partial charge in [0.2, 0.25) is 0 Å². The van der Waals surface area contributed by atoms with E-state index in [9.17, 15) is 4.79 Å². The smallest absolute Gasteiger partial charge is 0.303 e. The number of hydrogen-bond donors (Lipinski definition) is 1. The Morgan fingerprint density at radius 3 is 3.05 bits per heavy atom. The van der Waals surface area contributed by atoms with Crippen LogP contribution < -0.4 is 4.90 Å². The minimum absolute atomic E-state index is 0.273. The molecule has 1 fully saturated rings. The lowest BCUT2D eigenvalue weighted by atomic mass is 9.93. The van der Waals surface area contributed by atoms with Gasteiger partial charge in [0, 0.05) is 36.8 Å². The Hall–Kier alpha value is -2.10. The molecule has 1 aliphatic heterocycles. The van der Waals surface area contributed by atoms with Crippen LogP contribution in [0.1, 0.15) is 25.7 Å². The van der Waals surface area contributed by atoms with Crippen molar-refractivity contribution in [1.82, 2.24) is 4.98 Å². The van der Waals surface area contributed by atoms with E-state index in [-0.39, 0.29) is 6.42 Å². The highest BCUT2D eigenvalue weighted by Gasteiger charge is 2.21. The Morgan fingerprint density at radius 2 is 2.19 bits per heavy atom. The standard InChI is InChI=1S/C17H20N2O2/c20-17(21)8-7-13-4-3-11-19(12-13)16-9-10-18-15-6-2-1-5-14(15)16/h1-2,5-6,9-10,13H,3-4,7-8,11-12H2,(H,20,21). The maximum absolute atomic E-state index is 10.7. The van der Waals surface area contributed by atoms with Gasteiger partial charge in [-0.1, -0.05) is 18.2 Å². The van der Waals surface area contributed by atoms with Crippen molar-refractivity contribution in [3.63, 3.8) is 0 Å². The van der Waals surface area contributed by atoms with Crippen LogP contribution in [0.5, 0.6) is 0 Å². The lowest BCUT2D eigenvalue weighted by Gasteiger charge is -2.35. The largest absolute Gasteiger partial charge is 0.481 e. The summed E-state index contributed by atoms with van der Waals surface area (Å²) in [6.45, 7) is 1.98. The molecule has 0 aliphatic carbocycles. The number of fused-ring (bicyclic) bond motifs is 1. The molecule has 2 aromatic rings. The zero-order chi connectivity index (χ0) is 14.7. The summed E-state index contributed by atoms with van der Waals surface area (Å²) in [7, 11) is 0. The van der Waals surface area contributed by atoms with E-state index in [0.29, 0.717) is 5.92 Å². The number of para-hydroxylation sites is 1. The van der Waals surface area contributed by atoms with Gasteiger partial charge >= 0.3 is 5.97 Å². The molecule has 0 spiro atoms. The molecule has 1 aliphatic rings. The summed E-state index contributed by atoms with van der Waals surface area (Å²) >= 11 is 0. The summed E-state index contributed by atoms with van der Waals surface area (Å²) < 4.78 is 0. The van der Waals surface area contributed by atoms with Gasteiger partial charge < -0.3 is 10.0 Å². The third-order valence-electron chi connectivity index (χ3n) is 4.25. The normalized spacial score (nSPS) is 18.9. The minimum Gasteiger partial charge on any atom is -0.481 e. The Labute approximate surface area is 124 Å². The molecule has 3 rings (SSSR count). The third kappa shape index (κ3) is 3.15. The number of carbonyl (C=O) groups is 1. The van der Waals surface area contributed by atoms with Crippen LogP contribution in [0.2, 0.25) is 0 Å². The molecule has 110 valence electrons. The van der Waals surface area contributed by atoms with Crippen molar-refractivity contribution in [2.75, 3.05) is 18.0 Å². The summed E-state index contributed by atoms with van der Waals surface area (Å²) in [5.74, 6) is -0.219. The molecular weight excluding hydrogens is 264 g/mol. The third-order valence-corrected chi connectivity index (χ3v) is 4.25. The number of benzene rings is 1. The molecule has 1 atom stereocenters. The molecule has 0 amide bonds. The maximum atomic E-state index is 10.7. The van der Waals surface area contributed by atoms with Crippen molar-refractivity contribution in [3.8, 4) is 0 Å². The highest BCUT2D eigenvalue weighted by Crippen LogP contribution is 2.30. The molecule has 0 saturated carbocycles. The first-order valence-electron chi connectivity index (χ1n) is 7.54. The van der Waals surface area contributed by atoms with Crippen LogP contribution >= 0.6 is 0 Å². The van der Waals surface area contributed by atoms with Gasteiger partial charge in [0.1, 0.15) is 0 Å². The highest BCUT2D eigenvalue weighted by molar-refractivity contribution is 5.91. The van der Waals surface area contributed by atoms with Crippen molar-refractivity contribution in [2.45, 2.75) is 25.7 Å². The van der Waals surface area contributed by atoms with Gasteiger partial charge in [0.25, 0.3) is 0 Å². The number of nitrogens with zero attached hydrogens (tertiary/aromatic N) is 2. The fraction of sp³-hybridized carbons (Fsp3) is 0.412. The van der Waals surface area contributed by atoms with Crippen LogP contribution in [0.3, 0.4) is 0 Å². The van der Waals surface area contributed by atoms with E-state index in [2.05, 4.69) is 22.0 Å². The number of anilines is 1. The number of piperidine rings is 1. The molecule has 1 N–H and O–H groups in total. The molecule has 0 bridgehead atoms. The van der Waals surface area contributed by atoms with Crippen molar-refractivity contribution >= 4 is 22.6 Å². The first-order valence-corrected chi connectivity index (χ1v) is 7.54. The fourth-order valence-electron chi connectivity index (χ4n) is 3.20. The molecule has 1 unspecified atom stereocenters. The van der Waals surface area contributed by atoms with Crippen LogP contribution in [-0.2, 0) is 4.79 Å². The number of rotatable bonds is 4. The molecular formula is C17H20N2O2. The molecule has 4 nitrogen and oxygen atoms in total. The number of aromatic nitrogens is 1. The molecule has 0 radical (unpaired) electrons. The fourth-order valence-corrected chi connectivity index (χ4v) is 3.20. The van der Waals surface area contributed by atoms with Gasteiger partial charge in [-0.3, -0.25) is 9.78 Å². The van der Waals surface area contributed by atoms with E-state index in [4.69, 9.17) is 5.11 Å². The van der Waals surface area contributed by atoms with Gasteiger partial charge in [-0.2, -0.15) is 0 Å². The Bertz CT molecular complexity index is 636. The van der Waals surface area contributed by atoms with E-state index in [1.165, 1.54) is 11.1 Å². The molecule has 1 aromatic carbocycles. The zero-order valence-corrected chi connectivity index (χ0v) is 12.0. The van der Waals surface area contributed by atoms with Crippen LogP contribution in [0.25, 0.3) is 10.9 Å². The minimum atomic E-state index is -0.693. The highest BCUT2D eigenvalue weighted by atomic mass is 16.4. The monoisotopic (exact) mass is 284 g/mol. The van der Waals surface area contributed by atoms with Gasteiger partial charge in [0.05, 0.1) is 5.52 Å². The second-order valence-electron chi connectivity index (χ2n) is 5.73. The predicted octanol–water partition coefficient (Wildman–Crippen LogP) is 3.32. The lowest BCUT2D eigenvalue weighted by molar-refractivity contribution is -0.137. The average Bonchev–Trinajstić information content (AvgIpc) is 2.52. The zero-order valence-electron chi connectivity index (χ0n) is 12.0. The second-order valence-corrected chi connectivity index (χ2v) is 5.73. The van der Waals surface area contributed by atoms with Crippen LogP contribution in [0, 0.1) is 5.92 Å². The van der Waals surface area contributed by atoms with E-state index in [1.807, 2.05) is 24.4 Å². The summed E-state index contributed by atoms with van der Waals surface area (Å²) in [5, 5.41) is 10.0. The number of carboxylic acid groups (broad SMARTS) is 1. The Balaban J connectivity index is 1.80. The van der Waals surface area contributed by atoms with Gasteiger partial charge in [-0.15, -0.1) is 0 Å². The second kappa shape index (κ2) is 6.12. The van der Waals surface area contributed by atoms with Crippen LogP contribution in [-0.4, -0.2) is 29.1 Å². The quantitative estimate of drug-likeness (QED) is 0.935. The summed E-state index contributed by atoms with van der Waals surface area (Å²) in [6, 6.07) is 10.3. The van der Waals surface area contributed by atoms with E-state index < -0.39 is 5.97 Å². The number of carboxylic acids is 1. The van der Waals surface area contributed by atoms with Crippen molar-refractivity contribution in [3.05, 3.63) is 36.5 Å². The lowest BCUT2D eigenvalue weighted by Crippen LogP contribution is -2.35. The van der Waals surface area contributed by atoms with E-state index >= 15 is 0 Å². The first-order chi connectivity index (χ1) is 10.2. The maximum Gasteiger partial charge on any atom is 0.303 e. The van der Waals surface area contributed by atoms with Crippen molar-refractivity contribution in [2.24, 2.45) is 5.92 Å². The average molecular weight is 284 g/mol. The summed E-state index contributed by atoms with van der Waals surface area (Å²) in [6.07, 6.45) is 5.16. The van der Waals surface area contributed by atoms with Gasteiger partial charge in [0.15, 0.2) is 0 Å². The predicted molar refractivity (Wildman–Crippen MR) is 83.5 cm³/mol. The molecule has 1 aromatic heterocycles. The molecule has 2 heterocycles. The molecule has 21 heavy (non-hydrogen) atoms. The van der Waals surface area contributed by atoms with Gasteiger partial charge in [-0.05, 0) is 37.3 Å². The number of pyridine rings is 1. The van der Waals surface area contributed by atoms with Crippen LogP contribution in [0.4, 0.5) is 5.69 Å². The number of hydrogen-bond acceptors (Lipinski definition) is 3.